The fourth-order valence-electron chi connectivity index (χ4n) is 5.36. The number of fused-ring (bicyclic) bond motifs is 3. The lowest BCUT2D eigenvalue weighted by Gasteiger charge is -2.57. The lowest BCUT2D eigenvalue weighted by atomic mass is 9.65. The highest BCUT2D eigenvalue weighted by atomic mass is 19.4. The van der Waals surface area contributed by atoms with Crippen molar-refractivity contribution in [3.05, 3.63) is 70.8 Å². The highest BCUT2D eigenvalue weighted by Gasteiger charge is 2.50. The Morgan fingerprint density at radius 2 is 1.64 bits per heavy atom. The molecule has 1 aliphatic carbocycles. The normalized spacial score (nSPS) is 24.5. The minimum atomic E-state index is -4.98. The number of benzene rings is 2. The average molecular weight is 470 g/mol. The van der Waals surface area contributed by atoms with Gasteiger partial charge in [0.1, 0.15) is 0 Å². The summed E-state index contributed by atoms with van der Waals surface area (Å²) in [5.41, 5.74) is -3.53. The van der Waals surface area contributed by atoms with Crippen LogP contribution in [-0.2, 0) is 12.4 Å². The van der Waals surface area contributed by atoms with E-state index in [0.29, 0.717) is 29.7 Å². The molecule has 3 fully saturated rings. The molecule has 2 aliphatic heterocycles. The number of hydrogen-bond acceptors (Lipinski definition) is 2. The Labute approximate surface area is 187 Å². The summed E-state index contributed by atoms with van der Waals surface area (Å²) in [6.45, 7) is 0.802. The van der Waals surface area contributed by atoms with Crippen LogP contribution in [0.2, 0.25) is 0 Å². The highest BCUT2D eigenvalue weighted by molar-refractivity contribution is 5.96. The first-order valence-electron chi connectivity index (χ1n) is 10.8. The van der Waals surface area contributed by atoms with Gasteiger partial charge in [-0.25, -0.2) is 0 Å². The molecule has 1 atom stereocenters. The Bertz CT molecular complexity index is 1010. The van der Waals surface area contributed by atoms with Gasteiger partial charge >= 0.3 is 12.4 Å². The van der Waals surface area contributed by atoms with Crippen LogP contribution in [-0.4, -0.2) is 29.9 Å². The highest BCUT2D eigenvalue weighted by Crippen LogP contribution is 2.49. The Morgan fingerprint density at radius 1 is 1.00 bits per heavy atom. The van der Waals surface area contributed by atoms with Crippen LogP contribution in [0.25, 0.3) is 0 Å². The van der Waals surface area contributed by atoms with Crippen LogP contribution >= 0.6 is 0 Å². The van der Waals surface area contributed by atoms with E-state index >= 15 is 0 Å². The second kappa shape index (κ2) is 8.34. The Hall–Kier alpha value is -2.55. The molecule has 2 bridgehead atoms. The van der Waals surface area contributed by atoms with Gasteiger partial charge in [-0.2, -0.15) is 26.3 Å². The van der Waals surface area contributed by atoms with Gasteiger partial charge in [0, 0.05) is 12.1 Å². The molecule has 5 rings (SSSR count). The molecule has 1 N–H and O–H groups in total. The van der Waals surface area contributed by atoms with E-state index in [1.807, 2.05) is 7.05 Å². The van der Waals surface area contributed by atoms with Crippen LogP contribution in [0, 0.1) is 5.92 Å². The summed E-state index contributed by atoms with van der Waals surface area (Å²) in [7, 11) is 1.93. The van der Waals surface area contributed by atoms with Crippen molar-refractivity contribution in [2.24, 2.45) is 5.92 Å². The first kappa shape index (κ1) is 23.6. The van der Waals surface area contributed by atoms with E-state index in [2.05, 4.69) is 10.2 Å². The Morgan fingerprint density at radius 3 is 2.18 bits per heavy atom. The standard InChI is InChI=1S/C24H24F6N2O/c1-32-14-15-9-11-22(32,12-10-15)20(16-5-3-2-4-6-16)31-21(33)18-13-17(23(25,26)27)7-8-19(18)24(28,29)30/h2-8,13,15,20H,9-12,14H2,1H3,(H,31,33). The third-order valence-corrected chi connectivity index (χ3v) is 7.11. The fraction of sp³-hybridized carbons (Fsp3) is 0.458. The number of nitrogens with one attached hydrogen (secondary N) is 1. The first-order valence-corrected chi connectivity index (χ1v) is 10.8. The zero-order chi connectivity index (χ0) is 24.0. The van der Waals surface area contributed by atoms with Gasteiger partial charge < -0.3 is 5.32 Å². The predicted octanol–water partition coefficient (Wildman–Crippen LogP) is 6.07. The molecule has 9 heteroatoms. The summed E-state index contributed by atoms with van der Waals surface area (Å²) in [6, 6.07) is 9.18. The number of halogens is 6. The minimum absolute atomic E-state index is 0.291. The summed E-state index contributed by atoms with van der Waals surface area (Å²) in [5.74, 6) is -0.637. The van der Waals surface area contributed by atoms with E-state index < -0.39 is 46.5 Å². The predicted molar refractivity (Wildman–Crippen MR) is 110 cm³/mol. The van der Waals surface area contributed by atoms with Crippen molar-refractivity contribution in [2.75, 3.05) is 13.6 Å². The number of carbonyl (C=O) groups excluding carboxylic acids is 1. The van der Waals surface area contributed by atoms with Crippen LogP contribution in [0.1, 0.15) is 58.8 Å². The third kappa shape index (κ3) is 4.47. The summed E-state index contributed by atoms with van der Waals surface area (Å²) < 4.78 is 80.5. The Kier molecular flexibility index (Phi) is 5.97. The number of alkyl halides is 6. The summed E-state index contributed by atoms with van der Waals surface area (Å²) in [4.78, 5) is 15.3. The van der Waals surface area contributed by atoms with Gasteiger partial charge in [0.2, 0.25) is 0 Å². The molecule has 3 aliphatic rings. The molecule has 33 heavy (non-hydrogen) atoms. The smallest absolute Gasteiger partial charge is 0.343 e. The quantitative estimate of drug-likeness (QED) is 0.550. The maximum atomic E-state index is 13.6. The van der Waals surface area contributed by atoms with E-state index in [-0.39, 0.29) is 0 Å². The zero-order valence-corrected chi connectivity index (χ0v) is 17.9. The maximum Gasteiger partial charge on any atom is 0.417 e. The van der Waals surface area contributed by atoms with Crippen LogP contribution in [0.4, 0.5) is 26.3 Å². The van der Waals surface area contributed by atoms with E-state index in [9.17, 15) is 31.1 Å². The summed E-state index contributed by atoms with van der Waals surface area (Å²) in [6.07, 6.45) is -6.51. The van der Waals surface area contributed by atoms with Gasteiger partial charge in [0.15, 0.2) is 0 Å². The average Bonchev–Trinajstić information content (AvgIpc) is 2.77. The lowest BCUT2D eigenvalue weighted by molar-refractivity contribution is -0.141. The van der Waals surface area contributed by atoms with Crippen molar-refractivity contribution in [3.8, 4) is 0 Å². The number of piperidine rings is 2. The van der Waals surface area contributed by atoms with Crippen molar-refractivity contribution in [2.45, 2.75) is 49.6 Å². The molecular weight excluding hydrogens is 446 g/mol. The molecule has 2 heterocycles. The van der Waals surface area contributed by atoms with Crippen LogP contribution < -0.4 is 5.32 Å². The van der Waals surface area contributed by atoms with Crippen molar-refractivity contribution >= 4 is 5.91 Å². The molecule has 2 aromatic carbocycles. The van der Waals surface area contributed by atoms with Crippen molar-refractivity contribution in [3.63, 3.8) is 0 Å². The maximum absolute atomic E-state index is 13.6. The zero-order valence-electron chi connectivity index (χ0n) is 17.9. The number of amides is 1. The number of hydrogen-bond donors (Lipinski definition) is 1. The van der Waals surface area contributed by atoms with Crippen molar-refractivity contribution in [1.29, 1.82) is 0 Å². The largest absolute Gasteiger partial charge is 0.417 e. The van der Waals surface area contributed by atoms with E-state index in [1.54, 1.807) is 30.3 Å². The van der Waals surface area contributed by atoms with E-state index in [4.69, 9.17) is 0 Å². The van der Waals surface area contributed by atoms with Gasteiger partial charge in [-0.05, 0) is 62.4 Å². The SMILES string of the molecule is CN1CC2CCC1(C(NC(=O)c1cc(C(F)(F)F)ccc1C(F)(F)F)c1ccccc1)CC2. The fourth-order valence-corrected chi connectivity index (χ4v) is 5.36. The second-order valence-corrected chi connectivity index (χ2v) is 9.00. The topological polar surface area (TPSA) is 32.3 Å². The van der Waals surface area contributed by atoms with Crippen molar-refractivity contribution in [1.82, 2.24) is 10.2 Å². The van der Waals surface area contributed by atoms with E-state index in [0.717, 1.165) is 32.2 Å². The van der Waals surface area contributed by atoms with Gasteiger partial charge in [0.25, 0.3) is 5.91 Å². The number of likely N-dealkylation sites (N-methyl/N-ethyl adjacent to an activating group) is 1. The molecule has 2 saturated heterocycles. The summed E-state index contributed by atoms with van der Waals surface area (Å²) >= 11 is 0. The molecule has 1 saturated carbocycles. The number of rotatable bonds is 4. The van der Waals surface area contributed by atoms with Crippen LogP contribution in [0.15, 0.2) is 48.5 Å². The lowest BCUT2D eigenvalue weighted by Crippen LogP contribution is -2.62. The number of nitrogens with zero attached hydrogens (tertiary/aromatic N) is 1. The molecule has 0 aromatic heterocycles. The van der Waals surface area contributed by atoms with Crippen LogP contribution in [0.5, 0.6) is 0 Å². The minimum Gasteiger partial charge on any atom is -0.343 e. The molecule has 1 amide bonds. The first-order chi connectivity index (χ1) is 15.4. The summed E-state index contributed by atoms with van der Waals surface area (Å²) in [5, 5.41) is 2.71. The molecular formula is C24H24F6N2O. The van der Waals surface area contributed by atoms with Gasteiger partial charge in [-0.1, -0.05) is 30.3 Å². The van der Waals surface area contributed by atoms with Gasteiger partial charge in [0.05, 0.1) is 22.7 Å². The van der Waals surface area contributed by atoms with E-state index in [1.165, 1.54) is 0 Å². The molecule has 178 valence electrons. The molecule has 1 unspecified atom stereocenters. The van der Waals surface area contributed by atoms with Gasteiger partial charge in [-0.15, -0.1) is 0 Å². The van der Waals surface area contributed by atoms with Crippen molar-refractivity contribution < 1.29 is 31.1 Å². The second-order valence-electron chi connectivity index (χ2n) is 9.00. The molecule has 0 radical (unpaired) electrons. The molecule has 0 spiro atoms. The van der Waals surface area contributed by atoms with Crippen LogP contribution in [0.3, 0.4) is 0 Å². The van der Waals surface area contributed by atoms with Gasteiger partial charge in [-0.3, -0.25) is 9.69 Å². The molecule has 2 aromatic rings. The monoisotopic (exact) mass is 470 g/mol. The third-order valence-electron chi connectivity index (χ3n) is 7.11. The Balaban J connectivity index is 1.77. The molecule has 3 nitrogen and oxygen atoms in total. The number of carbonyl (C=O) groups is 1.